The van der Waals surface area contributed by atoms with Gasteiger partial charge in [0.1, 0.15) is 27.9 Å². The topological polar surface area (TPSA) is 116 Å². The molecule has 2 aliphatic heterocycles. The number of nitrogens with zero attached hydrogens (tertiary/aromatic N) is 2. The van der Waals surface area contributed by atoms with E-state index in [9.17, 15) is 4.79 Å². The van der Waals surface area contributed by atoms with Crippen LogP contribution in [0.15, 0.2) is 24.3 Å². The van der Waals surface area contributed by atoms with Crippen molar-refractivity contribution in [2.45, 2.75) is 25.4 Å². The fourth-order valence-corrected chi connectivity index (χ4v) is 5.75. The van der Waals surface area contributed by atoms with Gasteiger partial charge < -0.3 is 31.2 Å². The summed E-state index contributed by atoms with van der Waals surface area (Å²) in [5, 5.41) is 3.71. The average molecular weight is 486 g/mol. The molecule has 0 saturated carbocycles. The molecule has 4 heterocycles. The van der Waals surface area contributed by atoms with Gasteiger partial charge in [0.05, 0.1) is 18.3 Å². The first kappa shape index (κ1) is 22.8. The number of aryl methyl sites for hydroxylation is 1. The van der Waals surface area contributed by atoms with Crippen LogP contribution in [0.2, 0.25) is 0 Å². The molecule has 0 radical (unpaired) electrons. The monoisotopic (exact) mass is 485 g/mol. The van der Waals surface area contributed by atoms with Gasteiger partial charge in [0, 0.05) is 67.0 Å². The lowest BCUT2D eigenvalue weighted by atomic mass is 10.0. The molecule has 3 atom stereocenters. The predicted molar refractivity (Wildman–Crippen MR) is 131 cm³/mol. The number of fused-ring (bicyclic) bond motifs is 2. The molecule has 0 bridgehead atoms. The van der Waals surface area contributed by atoms with Crippen molar-refractivity contribution >= 4 is 38.8 Å². The maximum Gasteiger partial charge on any atom is 0.263 e. The van der Waals surface area contributed by atoms with Crippen molar-refractivity contribution < 1.29 is 18.7 Å². The van der Waals surface area contributed by atoms with Crippen LogP contribution in [0.3, 0.4) is 0 Å². The first-order valence-corrected chi connectivity index (χ1v) is 12.1. The van der Waals surface area contributed by atoms with E-state index in [1.165, 1.54) is 17.4 Å². The molecule has 0 unspecified atom stereocenters. The Balaban J connectivity index is 1.30. The highest BCUT2D eigenvalue weighted by atomic mass is 32.1. The zero-order valence-corrected chi connectivity index (χ0v) is 20.0. The number of halogens is 1. The molecule has 10 heteroatoms. The molecule has 180 valence electrons. The van der Waals surface area contributed by atoms with Gasteiger partial charge in [0.2, 0.25) is 0 Å². The van der Waals surface area contributed by atoms with Crippen molar-refractivity contribution in [1.29, 1.82) is 0 Å². The van der Waals surface area contributed by atoms with Crippen LogP contribution >= 0.6 is 11.3 Å². The molecule has 1 aromatic carbocycles. The number of nitrogens with two attached hydrogens (primary N) is 2. The molecule has 3 aromatic rings. The summed E-state index contributed by atoms with van der Waals surface area (Å²) >= 11 is 1.26. The Bertz CT molecular complexity index is 1250. The maximum absolute atomic E-state index is 15.1. The first-order valence-electron chi connectivity index (χ1n) is 11.2. The van der Waals surface area contributed by atoms with Crippen molar-refractivity contribution in [3.8, 4) is 5.75 Å². The van der Waals surface area contributed by atoms with E-state index in [0.29, 0.717) is 48.0 Å². The normalized spacial score (nSPS) is 22.0. The fraction of sp³-hybridized carbons (Fsp3) is 0.417. The Morgan fingerprint density at radius 1 is 1.38 bits per heavy atom. The Kier molecular flexibility index (Phi) is 6.05. The van der Waals surface area contributed by atoms with Gasteiger partial charge in [-0.15, -0.1) is 11.3 Å². The third kappa shape index (κ3) is 4.17. The van der Waals surface area contributed by atoms with E-state index >= 15 is 4.39 Å². The maximum atomic E-state index is 15.1. The Hall–Kier alpha value is -2.95. The van der Waals surface area contributed by atoms with Crippen LogP contribution in [0.25, 0.3) is 10.2 Å². The Labute approximate surface area is 201 Å². The number of nitrogens with one attached hydrogen (secondary N) is 1. The van der Waals surface area contributed by atoms with E-state index in [0.717, 1.165) is 21.6 Å². The van der Waals surface area contributed by atoms with Crippen LogP contribution in [-0.2, 0) is 11.2 Å². The molecule has 0 aliphatic carbocycles. The number of benzene rings is 1. The molecule has 0 spiro atoms. The molecule has 2 aromatic heterocycles. The smallest absolute Gasteiger partial charge is 0.263 e. The highest BCUT2D eigenvalue weighted by Crippen LogP contribution is 2.35. The summed E-state index contributed by atoms with van der Waals surface area (Å²) in [6, 6.07) is 6.72. The lowest BCUT2D eigenvalue weighted by Gasteiger charge is -2.28. The number of carbonyl (C=O) groups excluding carboxylic acids is 1. The number of aromatic nitrogens is 1. The van der Waals surface area contributed by atoms with Gasteiger partial charge in [0.15, 0.2) is 0 Å². The minimum Gasteiger partial charge on any atom is -0.491 e. The van der Waals surface area contributed by atoms with E-state index in [-0.39, 0.29) is 36.3 Å². The number of ether oxygens (including phenoxy) is 2. The van der Waals surface area contributed by atoms with Crippen molar-refractivity contribution in [2.24, 2.45) is 11.7 Å². The van der Waals surface area contributed by atoms with Crippen LogP contribution in [0.1, 0.15) is 20.9 Å². The number of hydrogen-bond donors (Lipinski definition) is 3. The number of anilines is 2. The number of pyridine rings is 1. The summed E-state index contributed by atoms with van der Waals surface area (Å²) in [4.78, 5) is 20.6. The van der Waals surface area contributed by atoms with E-state index < -0.39 is 0 Å². The average Bonchev–Trinajstić information content (AvgIpc) is 3.33. The number of rotatable bonds is 5. The number of carbonyl (C=O) groups is 1. The lowest BCUT2D eigenvalue weighted by molar-refractivity contribution is 0.0919. The van der Waals surface area contributed by atoms with Crippen molar-refractivity contribution in [3.63, 3.8) is 0 Å². The number of nitrogen functional groups attached to an aromatic ring is 1. The van der Waals surface area contributed by atoms with Crippen LogP contribution in [0, 0.1) is 18.7 Å². The third-order valence-electron chi connectivity index (χ3n) is 6.54. The zero-order valence-electron chi connectivity index (χ0n) is 19.1. The van der Waals surface area contributed by atoms with Crippen LogP contribution in [-0.4, -0.2) is 56.4 Å². The summed E-state index contributed by atoms with van der Waals surface area (Å²) < 4.78 is 26.2. The van der Waals surface area contributed by atoms with Crippen molar-refractivity contribution in [1.82, 2.24) is 10.3 Å². The van der Waals surface area contributed by atoms with Gasteiger partial charge in [-0.3, -0.25) is 4.79 Å². The van der Waals surface area contributed by atoms with Crippen LogP contribution in [0.5, 0.6) is 5.75 Å². The Morgan fingerprint density at radius 3 is 3.00 bits per heavy atom. The molecule has 1 amide bonds. The predicted octanol–water partition coefficient (Wildman–Crippen LogP) is 2.47. The molecule has 34 heavy (non-hydrogen) atoms. The standard InChI is InChI=1S/C24H28FN5O3S/c1-12-3-4-16-21(27)22(34-24(16)28-12)23(31)29-14-5-17-18(25)6-15(7-20(17)33-11-14)30-8-13(10-32-2)19(26)9-30/h3-4,6-7,13-14,19H,5,8-11,26-27H2,1-2H3,(H,29,31)/t13-,14-,19-/m1/s1. The highest BCUT2D eigenvalue weighted by Gasteiger charge is 2.32. The van der Waals surface area contributed by atoms with E-state index in [1.807, 2.05) is 25.1 Å². The third-order valence-corrected chi connectivity index (χ3v) is 7.66. The van der Waals surface area contributed by atoms with Gasteiger partial charge in [-0.25, -0.2) is 9.37 Å². The molecular weight excluding hydrogens is 457 g/mol. The second-order valence-corrected chi connectivity index (χ2v) is 10.0. The van der Waals surface area contributed by atoms with Gasteiger partial charge in [0.25, 0.3) is 5.91 Å². The molecular formula is C24H28FN5O3S. The summed E-state index contributed by atoms with van der Waals surface area (Å²) in [5.41, 5.74) is 14.9. The van der Waals surface area contributed by atoms with Crippen molar-refractivity contribution in [2.75, 3.05) is 44.0 Å². The molecule has 1 fully saturated rings. The fourth-order valence-electron chi connectivity index (χ4n) is 4.70. The van der Waals surface area contributed by atoms with E-state index in [4.69, 9.17) is 20.9 Å². The minimum atomic E-state index is -0.369. The minimum absolute atomic E-state index is 0.0278. The van der Waals surface area contributed by atoms with E-state index in [2.05, 4.69) is 15.2 Å². The highest BCUT2D eigenvalue weighted by molar-refractivity contribution is 7.21. The SMILES string of the molecule is COC[C@H]1CN(c2cc(F)c3c(c2)OC[C@H](NC(=O)c2sc4nc(C)ccc4c2N)C3)C[C@H]1N. The summed E-state index contributed by atoms with van der Waals surface area (Å²) in [6.07, 6.45) is 0.334. The summed E-state index contributed by atoms with van der Waals surface area (Å²) in [7, 11) is 1.66. The molecule has 5 N–H and O–H groups in total. The Morgan fingerprint density at radius 2 is 2.21 bits per heavy atom. The number of thiophene rings is 1. The first-order chi connectivity index (χ1) is 16.3. The summed E-state index contributed by atoms with van der Waals surface area (Å²) in [5.74, 6) is 0.0501. The molecule has 5 rings (SSSR count). The number of amides is 1. The van der Waals surface area contributed by atoms with Gasteiger partial charge in [-0.05, 0) is 25.1 Å². The second-order valence-electron chi connectivity index (χ2n) is 9.02. The molecule has 8 nitrogen and oxygen atoms in total. The lowest BCUT2D eigenvalue weighted by Crippen LogP contribution is -2.43. The van der Waals surface area contributed by atoms with E-state index in [1.54, 1.807) is 7.11 Å². The van der Waals surface area contributed by atoms with Crippen molar-refractivity contribution in [3.05, 3.63) is 46.2 Å². The largest absolute Gasteiger partial charge is 0.491 e. The summed E-state index contributed by atoms with van der Waals surface area (Å²) in [6.45, 7) is 4.05. The van der Waals surface area contributed by atoms with Crippen LogP contribution < -0.4 is 26.4 Å². The molecule has 2 aliphatic rings. The zero-order chi connectivity index (χ0) is 24.0. The number of hydrogen-bond acceptors (Lipinski definition) is 8. The van der Waals surface area contributed by atoms with Gasteiger partial charge >= 0.3 is 0 Å². The molecule has 1 saturated heterocycles. The van der Waals surface area contributed by atoms with Crippen LogP contribution in [0.4, 0.5) is 15.8 Å². The second kappa shape index (κ2) is 9.01. The number of methoxy groups -OCH3 is 1. The van der Waals surface area contributed by atoms with Gasteiger partial charge in [-0.1, -0.05) is 0 Å². The van der Waals surface area contributed by atoms with Gasteiger partial charge in [-0.2, -0.15) is 0 Å². The quantitative estimate of drug-likeness (QED) is 0.508.